The molecule has 7 nitrogen and oxygen atoms in total. The first kappa shape index (κ1) is 24.3. The SMILES string of the molecule is Cc1c(-c2[nH]c3sc([C@@H]4CC5C[C@H]4CN5C(=O)[C@@H]4C[C@@H](C)CN4)c(C)c3c2C(C)C)cn2ncnc2c1C. The molecule has 2 N–H and O–H groups in total. The maximum Gasteiger partial charge on any atom is 0.239 e. The molecule has 1 unspecified atom stereocenters. The summed E-state index contributed by atoms with van der Waals surface area (Å²) in [5.41, 5.74) is 8.62. The van der Waals surface area contributed by atoms with Gasteiger partial charge in [-0.1, -0.05) is 20.8 Å². The van der Waals surface area contributed by atoms with Crippen LogP contribution in [0, 0.1) is 32.6 Å². The van der Waals surface area contributed by atoms with E-state index in [1.54, 1.807) is 6.33 Å². The number of nitrogens with one attached hydrogen (secondary N) is 2. The second-order valence-electron chi connectivity index (χ2n) is 12.5. The van der Waals surface area contributed by atoms with Crippen molar-refractivity contribution in [1.29, 1.82) is 0 Å². The summed E-state index contributed by atoms with van der Waals surface area (Å²) in [5, 5.41) is 9.30. The number of piperidine rings is 1. The van der Waals surface area contributed by atoms with Crippen LogP contribution >= 0.6 is 11.3 Å². The molecule has 0 aromatic carbocycles. The fourth-order valence-corrected chi connectivity index (χ4v) is 9.13. The molecule has 2 bridgehead atoms. The van der Waals surface area contributed by atoms with Crippen molar-refractivity contribution in [3.05, 3.63) is 39.7 Å². The number of thiophene rings is 1. The summed E-state index contributed by atoms with van der Waals surface area (Å²) in [6.45, 7) is 15.4. The minimum atomic E-state index is 0.0280. The van der Waals surface area contributed by atoms with Crippen LogP contribution < -0.4 is 5.32 Å². The number of amides is 1. The second-order valence-corrected chi connectivity index (χ2v) is 13.5. The molecule has 1 aliphatic carbocycles. The predicted molar refractivity (Wildman–Crippen MR) is 153 cm³/mol. The Morgan fingerprint density at radius 1 is 1.13 bits per heavy atom. The molecule has 1 amide bonds. The molecule has 4 aromatic rings. The molecule has 6 heterocycles. The highest BCUT2D eigenvalue weighted by molar-refractivity contribution is 7.19. The second kappa shape index (κ2) is 8.65. The highest BCUT2D eigenvalue weighted by Crippen LogP contribution is 2.53. The maximum atomic E-state index is 13.3. The monoisotopic (exact) mass is 530 g/mol. The largest absolute Gasteiger partial charge is 0.346 e. The number of fused-ring (bicyclic) bond motifs is 4. The fourth-order valence-electron chi connectivity index (χ4n) is 7.69. The van der Waals surface area contributed by atoms with E-state index in [-0.39, 0.29) is 6.04 Å². The lowest BCUT2D eigenvalue weighted by Crippen LogP contribution is -2.47. The maximum absolute atomic E-state index is 13.3. The van der Waals surface area contributed by atoms with Crippen LogP contribution in [0.4, 0.5) is 0 Å². The summed E-state index contributed by atoms with van der Waals surface area (Å²) in [4.78, 5) is 26.6. The van der Waals surface area contributed by atoms with E-state index in [1.165, 1.54) is 48.6 Å². The molecular weight excluding hydrogens is 492 g/mol. The van der Waals surface area contributed by atoms with E-state index >= 15 is 0 Å². The van der Waals surface area contributed by atoms with Crippen molar-refractivity contribution in [2.45, 2.75) is 84.7 Å². The van der Waals surface area contributed by atoms with Crippen LogP contribution in [0.1, 0.15) is 79.0 Å². The third-order valence-electron chi connectivity index (χ3n) is 9.74. The van der Waals surface area contributed by atoms with Gasteiger partial charge in [0.1, 0.15) is 11.2 Å². The standard InChI is InChI=1S/C30H38N6OS/c1-14(2)24-25-18(6)27(21-9-20-8-19(21)11-35(20)30(37)23-7-15(3)10-31-23)38-29(25)34-26(24)22-12-36-28(32-13-33-36)17(5)16(22)4/h12-15,19-21,23,31,34H,7-11H2,1-6H3/t15-,19+,20?,21-,23+/m1/s1. The zero-order chi connectivity index (χ0) is 26.5. The molecule has 2 aliphatic heterocycles. The van der Waals surface area contributed by atoms with Crippen LogP contribution in [0.5, 0.6) is 0 Å². The topological polar surface area (TPSA) is 78.3 Å². The Morgan fingerprint density at radius 2 is 1.95 bits per heavy atom. The van der Waals surface area contributed by atoms with Crippen LogP contribution in [0.25, 0.3) is 27.1 Å². The number of hydrogen-bond acceptors (Lipinski definition) is 5. The number of H-pyrrole nitrogens is 1. The van der Waals surface area contributed by atoms with Gasteiger partial charge in [-0.2, -0.15) is 5.10 Å². The minimum absolute atomic E-state index is 0.0280. The van der Waals surface area contributed by atoms with Crippen molar-refractivity contribution in [3.8, 4) is 11.3 Å². The first-order valence-electron chi connectivity index (χ1n) is 14.2. The van der Waals surface area contributed by atoms with Crippen molar-refractivity contribution < 1.29 is 4.79 Å². The molecule has 0 spiro atoms. The van der Waals surface area contributed by atoms with Crippen LogP contribution in [0.3, 0.4) is 0 Å². The first-order valence-corrected chi connectivity index (χ1v) is 15.0. The number of hydrogen-bond donors (Lipinski definition) is 2. The van der Waals surface area contributed by atoms with E-state index in [4.69, 9.17) is 0 Å². The Morgan fingerprint density at radius 3 is 2.63 bits per heavy atom. The third-order valence-corrected chi connectivity index (χ3v) is 11.1. The molecule has 1 saturated carbocycles. The molecule has 0 radical (unpaired) electrons. The van der Waals surface area contributed by atoms with Crippen molar-refractivity contribution in [3.63, 3.8) is 0 Å². The van der Waals surface area contributed by atoms with Gasteiger partial charge in [-0.25, -0.2) is 9.50 Å². The number of rotatable bonds is 4. The van der Waals surface area contributed by atoms with E-state index in [0.717, 1.165) is 38.0 Å². The first-order chi connectivity index (χ1) is 18.2. The van der Waals surface area contributed by atoms with Gasteiger partial charge in [0.05, 0.1) is 11.7 Å². The summed E-state index contributed by atoms with van der Waals surface area (Å²) >= 11 is 1.95. The van der Waals surface area contributed by atoms with Gasteiger partial charge >= 0.3 is 0 Å². The number of carbonyl (C=O) groups excluding carboxylic acids is 1. The average Bonchev–Trinajstić information content (AvgIpc) is 3.71. The van der Waals surface area contributed by atoms with Gasteiger partial charge in [0.25, 0.3) is 0 Å². The molecule has 5 atom stereocenters. The van der Waals surface area contributed by atoms with Crippen LogP contribution in [0.2, 0.25) is 0 Å². The average molecular weight is 531 g/mol. The van der Waals surface area contributed by atoms with Gasteiger partial charge in [-0.15, -0.1) is 11.3 Å². The lowest BCUT2D eigenvalue weighted by Gasteiger charge is -2.33. The zero-order valence-electron chi connectivity index (χ0n) is 23.3. The highest BCUT2D eigenvalue weighted by atomic mass is 32.1. The van der Waals surface area contributed by atoms with Gasteiger partial charge in [0.2, 0.25) is 5.91 Å². The van der Waals surface area contributed by atoms with E-state index in [9.17, 15) is 4.79 Å². The van der Waals surface area contributed by atoms with Crippen LogP contribution in [0.15, 0.2) is 12.5 Å². The van der Waals surface area contributed by atoms with Crippen LogP contribution in [-0.4, -0.2) is 55.6 Å². The smallest absolute Gasteiger partial charge is 0.239 e. The Kier molecular flexibility index (Phi) is 5.54. The number of likely N-dealkylation sites (tertiary alicyclic amines) is 1. The van der Waals surface area contributed by atoms with Crippen molar-refractivity contribution in [2.24, 2.45) is 11.8 Å². The quantitative estimate of drug-likeness (QED) is 0.355. The Labute approximate surface area is 228 Å². The molecular formula is C30H38N6OS. The van der Waals surface area contributed by atoms with E-state index in [1.807, 2.05) is 15.9 Å². The van der Waals surface area contributed by atoms with E-state index < -0.39 is 0 Å². The lowest BCUT2D eigenvalue weighted by atomic mass is 9.88. The van der Waals surface area contributed by atoms with Gasteiger partial charge in [0.15, 0.2) is 5.65 Å². The number of aryl methyl sites for hydroxylation is 2. The van der Waals surface area contributed by atoms with Crippen molar-refractivity contribution >= 4 is 33.1 Å². The van der Waals surface area contributed by atoms with Gasteiger partial charge in [-0.3, -0.25) is 4.79 Å². The Balaban J connectivity index is 1.23. The Bertz CT molecular complexity index is 1580. The van der Waals surface area contributed by atoms with Gasteiger partial charge in [-0.05, 0) is 86.6 Å². The molecule has 3 aliphatic rings. The highest BCUT2D eigenvalue weighted by Gasteiger charge is 2.49. The molecule has 38 heavy (non-hydrogen) atoms. The molecule has 4 aromatic heterocycles. The molecule has 3 fully saturated rings. The van der Waals surface area contributed by atoms with E-state index in [2.05, 4.69) is 73.0 Å². The molecule has 2 saturated heterocycles. The lowest BCUT2D eigenvalue weighted by molar-refractivity contribution is -0.134. The molecule has 8 heteroatoms. The number of pyridine rings is 1. The molecule has 7 rings (SSSR count). The summed E-state index contributed by atoms with van der Waals surface area (Å²) in [7, 11) is 0. The molecule has 200 valence electrons. The Hall–Kier alpha value is -2.71. The normalized spacial score (nSPS) is 27.1. The number of nitrogens with zero attached hydrogens (tertiary/aromatic N) is 4. The summed E-state index contributed by atoms with van der Waals surface area (Å²) < 4.78 is 1.90. The zero-order valence-corrected chi connectivity index (χ0v) is 24.1. The fraction of sp³-hybridized carbons (Fsp3) is 0.567. The summed E-state index contributed by atoms with van der Waals surface area (Å²) in [6.07, 6.45) is 7.00. The van der Waals surface area contributed by atoms with E-state index in [0.29, 0.717) is 35.6 Å². The number of aromatic amines is 1. The van der Waals surface area contributed by atoms with Crippen LogP contribution in [-0.2, 0) is 4.79 Å². The van der Waals surface area contributed by atoms with Crippen molar-refractivity contribution in [1.82, 2.24) is 29.8 Å². The number of aromatic nitrogens is 4. The summed E-state index contributed by atoms with van der Waals surface area (Å²) in [5.74, 6) is 2.46. The number of carbonyl (C=O) groups is 1. The minimum Gasteiger partial charge on any atom is -0.346 e. The van der Waals surface area contributed by atoms with Gasteiger partial charge in [0, 0.05) is 40.5 Å². The predicted octanol–water partition coefficient (Wildman–Crippen LogP) is 5.69. The third kappa shape index (κ3) is 3.45. The summed E-state index contributed by atoms with van der Waals surface area (Å²) in [6, 6.07) is 0.426. The van der Waals surface area contributed by atoms with Crippen molar-refractivity contribution in [2.75, 3.05) is 13.1 Å². The van der Waals surface area contributed by atoms with Gasteiger partial charge < -0.3 is 15.2 Å².